The van der Waals surface area contributed by atoms with E-state index in [9.17, 15) is 23.3 Å². The zero-order chi connectivity index (χ0) is 17.4. The first-order valence-corrected chi connectivity index (χ1v) is 8.64. The summed E-state index contributed by atoms with van der Waals surface area (Å²) in [5.41, 5.74) is -0.208. The van der Waals surface area contributed by atoms with Gasteiger partial charge in [0.15, 0.2) is 0 Å². The molecule has 1 aliphatic rings. The maximum absolute atomic E-state index is 12.6. The minimum absolute atomic E-state index is 0.0235. The van der Waals surface area contributed by atoms with Gasteiger partial charge in [-0.1, -0.05) is 11.6 Å². The Labute approximate surface area is 137 Å². The minimum atomic E-state index is -4.04. The third kappa shape index (κ3) is 3.46. The number of benzene rings is 1. The zero-order valence-electron chi connectivity index (χ0n) is 12.2. The summed E-state index contributed by atoms with van der Waals surface area (Å²) < 4.78 is 26.3. The molecule has 1 heterocycles. The highest BCUT2D eigenvalue weighted by atomic mass is 35.5. The number of carboxylic acids is 1. The highest BCUT2D eigenvalue weighted by molar-refractivity contribution is 7.89. The van der Waals surface area contributed by atoms with Crippen molar-refractivity contribution in [3.8, 4) is 0 Å². The van der Waals surface area contributed by atoms with Crippen LogP contribution in [-0.4, -0.2) is 41.8 Å². The molecule has 0 radical (unpaired) electrons. The van der Waals surface area contributed by atoms with Gasteiger partial charge in [0.2, 0.25) is 10.0 Å². The normalized spacial score (nSPS) is 19.5. The largest absolute Gasteiger partial charge is 0.481 e. The lowest BCUT2D eigenvalue weighted by atomic mass is 10.0. The van der Waals surface area contributed by atoms with Gasteiger partial charge in [-0.25, -0.2) is 8.42 Å². The SMILES string of the molecule is Cc1c(Cl)cc(S(=O)(=O)N2CCCC(C(=O)O)C2)cc1[N+](=O)[O-]. The molecule has 10 heteroatoms. The predicted octanol–water partition coefficient (Wildman–Crippen LogP) is 2.04. The molecule has 1 fully saturated rings. The summed E-state index contributed by atoms with van der Waals surface area (Å²) in [6, 6.07) is 2.12. The van der Waals surface area contributed by atoms with E-state index in [0.717, 1.165) is 16.4 Å². The van der Waals surface area contributed by atoms with Crippen LogP contribution in [0.2, 0.25) is 5.02 Å². The van der Waals surface area contributed by atoms with E-state index in [2.05, 4.69) is 0 Å². The van der Waals surface area contributed by atoms with Crippen LogP contribution in [0.4, 0.5) is 5.69 Å². The van der Waals surface area contributed by atoms with Crippen LogP contribution in [0.15, 0.2) is 17.0 Å². The summed E-state index contributed by atoms with van der Waals surface area (Å²) in [4.78, 5) is 21.1. The Hall–Kier alpha value is -1.71. The first kappa shape index (κ1) is 17.6. The maximum Gasteiger partial charge on any atom is 0.307 e. The summed E-state index contributed by atoms with van der Waals surface area (Å²) in [5.74, 6) is -1.84. The number of sulfonamides is 1. The van der Waals surface area contributed by atoms with E-state index in [0.29, 0.717) is 12.8 Å². The van der Waals surface area contributed by atoms with Crippen molar-refractivity contribution in [1.29, 1.82) is 0 Å². The minimum Gasteiger partial charge on any atom is -0.481 e. The number of piperidine rings is 1. The van der Waals surface area contributed by atoms with Gasteiger partial charge in [0.25, 0.3) is 5.69 Å². The van der Waals surface area contributed by atoms with Gasteiger partial charge in [-0.2, -0.15) is 4.31 Å². The molecule has 1 aromatic rings. The fourth-order valence-corrected chi connectivity index (χ4v) is 4.34. The van der Waals surface area contributed by atoms with Gasteiger partial charge < -0.3 is 5.11 Å². The monoisotopic (exact) mass is 362 g/mol. The van der Waals surface area contributed by atoms with Gasteiger partial charge in [-0.05, 0) is 25.8 Å². The van der Waals surface area contributed by atoms with E-state index in [1.54, 1.807) is 0 Å². The van der Waals surface area contributed by atoms with Gasteiger partial charge in [0, 0.05) is 24.7 Å². The molecule has 0 aromatic heterocycles. The maximum atomic E-state index is 12.6. The third-order valence-electron chi connectivity index (χ3n) is 3.86. The molecule has 23 heavy (non-hydrogen) atoms. The molecule has 2 rings (SSSR count). The molecular weight excluding hydrogens is 348 g/mol. The molecule has 0 aliphatic carbocycles. The average Bonchev–Trinajstić information content (AvgIpc) is 2.49. The predicted molar refractivity (Wildman–Crippen MR) is 82.0 cm³/mol. The van der Waals surface area contributed by atoms with Crippen LogP contribution in [0.5, 0.6) is 0 Å². The van der Waals surface area contributed by atoms with Gasteiger partial charge in [-0.3, -0.25) is 14.9 Å². The van der Waals surface area contributed by atoms with Gasteiger partial charge in [-0.15, -0.1) is 0 Å². The van der Waals surface area contributed by atoms with Crippen molar-refractivity contribution in [3.63, 3.8) is 0 Å². The Kier molecular flexibility index (Phi) is 4.92. The van der Waals surface area contributed by atoms with Gasteiger partial charge >= 0.3 is 5.97 Å². The number of nitrogens with zero attached hydrogens (tertiary/aromatic N) is 2. The zero-order valence-corrected chi connectivity index (χ0v) is 13.8. The van der Waals surface area contributed by atoms with E-state index < -0.39 is 26.8 Å². The van der Waals surface area contributed by atoms with Crippen LogP contribution >= 0.6 is 11.6 Å². The van der Waals surface area contributed by atoms with Crippen molar-refractivity contribution in [2.45, 2.75) is 24.7 Å². The smallest absolute Gasteiger partial charge is 0.307 e. The average molecular weight is 363 g/mol. The fraction of sp³-hybridized carbons (Fsp3) is 0.462. The molecule has 0 amide bonds. The number of rotatable bonds is 4. The molecule has 0 bridgehead atoms. The Bertz CT molecular complexity index is 764. The molecule has 1 N–H and O–H groups in total. The first-order chi connectivity index (χ1) is 10.6. The summed E-state index contributed by atoms with van der Waals surface area (Å²) >= 11 is 5.91. The Morgan fingerprint density at radius 1 is 1.48 bits per heavy atom. The van der Waals surface area contributed by atoms with Crippen molar-refractivity contribution in [1.82, 2.24) is 4.31 Å². The molecular formula is C13H15ClN2O6S. The number of nitro benzene ring substituents is 1. The molecule has 1 aliphatic heterocycles. The van der Waals surface area contributed by atoms with E-state index in [-0.39, 0.29) is 34.3 Å². The molecule has 126 valence electrons. The first-order valence-electron chi connectivity index (χ1n) is 6.82. The van der Waals surface area contributed by atoms with Crippen LogP contribution < -0.4 is 0 Å². The summed E-state index contributed by atoms with van der Waals surface area (Å²) in [5, 5.41) is 20.1. The van der Waals surface area contributed by atoms with E-state index >= 15 is 0 Å². The lowest BCUT2D eigenvalue weighted by Gasteiger charge is -2.29. The van der Waals surface area contributed by atoms with Crippen molar-refractivity contribution < 1.29 is 23.2 Å². The lowest BCUT2D eigenvalue weighted by Crippen LogP contribution is -2.42. The number of halogens is 1. The number of carboxylic acid groups (broad SMARTS) is 1. The lowest BCUT2D eigenvalue weighted by molar-refractivity contribution is -0.385. The summed E-state index contributed by atoms with van der Waals surface area (Å²) in [7, 11) is -4.04. The topological polar surface area (TPSA) is 118 Å². The summed E-state index contributed by atoms with van der Waals surface area (Å²) in [6.45, 7) is 1.45. The molecule has 0 spiro atoms. The second-order valence-corrected chi connectivity index (χ2v) is 7.69. The molecule has 1 unspecified atom stereocenters. The standard InChI is InChI=1S/C13H15ClN2O6S/c1-8-11(14)5-10(6-12(8)16(19)20)23(21,22)15-4-2-3-9(7-15)13(17)18/h5-6,9H,2-4,7H2,1H3,(H,17,18). The molecule has 1 saturated heterocycles. The fourth-order valence-electron chi connectivity index (χ4n) is 2.49. The van der Waals surface area contributed by atoms with Gasteiger partial charge in [0.05, 0.1) is 20.8 Å². The summed E-state index contributed by atoms with van der Waals surface area (Å²) in [6.07, 6.45) is 0.814. The Morgan fingerprint density at radius 3 is 2.70 bits per heavy atom. The van der Waals surface area contributed by atoms with E-state index in [4.69, 9.17) is 16.7 Å². The van der Waals surface area contributed by atoms with Gasteiger partial charge in [0.1, 0.15) is 0 Å². The van der Waals surface area contributed by atoms with Crippen molar-refractivity contribution in [3.05, 3.63) is 32.8 Å². The second-order valence-electron chi connectivity index (χ2n) is 5.35. The second kappa shape index (κ2) is 6.42. The molecule has 1 atom stereocenters. The van der Waals surface area contributed by atoms with Crippen molar-refractivity contribution >= 4 is 33.3 Å². The van der Waals surface area contributed by atoms with Crippen LogP contribution in [0.3, 0.4) is 0 Å². The molecule has 1 aromatic carbocycles. The number of carbonyl (C=O) groups is 1. The number of aliphatic carboxylic acids is 1. The molecule has 0 saturated carbocycles. The number of nitro groups is 1. The van der Waals surface area contributed by atoms with Crippen LogP contribution in [0.25, 0.3) is 0 Å². The Balaban J connectivity index is 2.44. The number of hydrogen-bond acceptors (Lipinski definition) is 5. The van der Waals surface area contributed by atoms with Crippen LogP contribution in [0.1, 0.15) is 18.4 Å². The van der Waals surface area contributed by atoms with Crippen LogP contribution in [0, 0.1) is 23.0 Å². The van der Waals surface area contributed by atoms with E-state index in [1.165, 1.54) is 6.92 Å². The quantitative estimate of drug-likeness (QED) is 0.646. The van der Waals surface area contributed by atoms with E-state index in [1.807, 2.05) is 0 Å². The van der Waals surface area contributed by atoms with Crippen molar-refractivity contribution in [2.24, 2.45) is 5.92 Å². The van der Waals surface area contributed by atoms with Crippen LogP contribution in [-0.2, 0) is 14.8 Å². The third-order valence-corrected chi connectivity index (χ3v) is 6.09. The highest BCUT2D eigenvalue weighted by Crippen LogP contribution is 2.32. The Morgan fingerprint density at radius 2 is 2.13 bits per heavy atom. The number of hydrogen-bond donors (Lipinski definition) is 1. The van der Waals surface area contributed by atoms with Crippen molar-refractivity contribution in [2.75, 3.05) is 13.1 Å². The molecule has 8 nitrogen and oxygen atoms in total. The highest BCUT2D eigenvalue weighted by Gasteiger charge is 2.34.